The van der Waals surface area contributed by atoms with Gasteiger partial charge in [-0.2, -0.15) is 0 Å². The number of benzene rings is 1. The molecule has 6 heteroatoms. The number of amides is 2. The maximum absolute atomic E-state index is 12.6. The maximum atomic E-state index is 12.6. The second-order valence-corrected chi connectivity index (χ2v) is 6.35. The zero-order valence-corrected chi connectivity index (χ0v) is 14.1. The lowest BCUT2D eigenvalue weighted by molar-refractivity contribution is 0.208. The zero-order chi connectivity index (χ0) is 16.2. The van der Waals surface area contributed by atoms with Gasteiger partial charge in [-0.25, -0.2) is 4.79 Å². The molecule has 1 aromatic carbocycles. The minimum atomic E-state index is -0.0758. The molecule has 0 radical (unpaired) electrons. The summed E-state index contributed by atoms with van der Waals surface area (Å²) in [6, 6.07) is 9.60. The smallest absolute Gasteiger partial charge is 0.322 e. The Labute approximate surface area is 139 Å². The van der Waals surface area contributed by atoms with Gasteiger partial charge in [-0.05, 0) is 36.4 Å². The van der Waals surface area contributed by atoms with Crippen LogP contribution >= 0.6 is 11.3 Å². The van der Waals surface area contributed by atoms with Gasteiger partial charge in [0.1, 0.15) is 0 Å². The van der Waals surface area contributed by atoms with Crippen LogP contribution in [0.15, 0.2) is 35.7 Å². The van der Waals surface area contributed by atoms with Crippen molar-refractivity contribution in [1.82, 2.24) is 4.90 Å². The van der Waals surface area contributed by atoms with Gasteiger partial charge in [0, 0.05) is 23.2 Å². The molecule has 23 heavy (non-hydrogen) atoms. The van der Waals surface area contributed by atoms with Crippen molar-refractivity contribution in [2.24, 2.45) is 0 Å². The molecule has 0 saturated carbocycles. The van der Waals surface area contributed by atoms with E-state index in [0.29, 0.717) is 17.2 Å². The van der Waals surface area contributed by atoms with Gasteiger partial charge < -0.3 is 19.7 Å². The first kappa shape index (κ1) is 15.7. The second kappa shape index (κ2) is 6.91. The van der Waals surface area contributed by atoms with E-state index in [4.69, 9.17) is 9.47 Å². The van der Waals surface area contributed by atoms with Crippen LogP contribution in [0.2, 0.25) is 0 Å². The Morgan fingerprint density at radius 2 is 2.09 bits per heavy atom. The van der Waals surface area contributed by atoms with Crippen molar-refractivity contribution in [3.63, 3.8) is 0 Å². The van der Waals surface area contributed by atoms with E-state index in [1.54, 1.807) is 37.7 Å². The van der Waals surface area contributed by atoms with Crippen LogP contribution in [0, 0.1) is 0 Å². The lowest BCUT2D eigenvalue weighted by Gasteiger charge is -2.24. The molecule has 0 bridgehead atoms. The topological polar surface area (TPSA) is 50.8 Å². The molecule has 5 nitrogen and oxygen atoms in total. The average molecular weight is 332 g/mol. The summed E-state index contributed by atoms with van der Waals surface area (Å²) in [5, 5.41) is 5.01. The van der Waals surface area contributed by atoms with Crippen molar-refractivity contribution in [3.8, 4) is 11.5 Å². The average Bonchev–Trinajstić information content (AvgIpc) is 3.25. The minimum Gasteiger partial charge on any atom is -0.493 e. The third-order valence-electron chi connectivity index (χ3n) is 4.02. The predicted octanol–water partition coefficient (Wildman–Crippen LogP) is 4.13. The van der Waals surface area contributed by atoms with E-state index in [1.165, 1.54) is 4.88 Å². The van der Waals surface area contributed by atoms with Crippen molar-refractivity contribution >= 4 is 23.1 Å². The van der Waals surface area contributed by atoms with Gasteiger partial charge in [-0.1, -0.05) is 6.07 Å². The molecule has 1 aromatic heterocycles. The highest BCUT2D eigenvalue weighted by Crippen LogP contribution is 2.35. The molecular formula is C17H20N2O3S. The number of urea groups is 1. The SMILES string of the molecule is COc1ccc(NC(=O)N2CCC[C@@H]2c2cccs2)cc1OC. The predicted molar refractivity (Wildman–Crippen MR) is 91.6 cm³/mol. The van der Waals surface area contributed by atoms with E-state index in [1.807, 2.05) is 17.0 Å². The van der Waals surface area contributed by atoms with Crippen molar-refractivity contribution in [2.75, 3.05) is 26.1 Å². The molecule has 1 aliphatic heterocycles. The van der Waals surface area contributed by atoms with E-state index in [0.717, 1.165) is 19.4 Å². The Balaban J connectivity index is 1.74. The number of ether oxygens (including phenoxy) is 2. The first-order chi connectivity index (χ1) is 11.2. The van der Waals surface area contributed by atoms with E-state index in [9.17, 15) is 4.79 Å². The van der Waals surface area contributed by atoms with E-state index in [-0.39, 0.29) is 12.1 Å². The van der Waals surface area contributed by atoms with E-state index < -0.39 is 0 Å². The van der Waals surface area contributed by atoms with Crippen molar-refractivity contribution in [1.29, 1.82) is 0 Å². The number of methoxy groups -OCH3 is 2. The summed E-state index contributed by atoms with van der Waals surface area (Å²) in [6.45, 7) is 0.779. The monoisotopic (exact) mass is 332 g/mol. The zero-order valence-electron chi connectivity index (χ0n) is 13.2. The molecule has 2 amide bonds. The summed E-state index contributed by atoms with van der Waals surface area (Å²) in [5.41, 5.74) is 0.699. The Morgan fingerprint density at radius 3 is 2.78 bits per heavy atom. The Bertz CT molecular complexity index is 672. The lowest BCUT2D eigenvalue weighted by atomic mass is 10.2. The molecule has 2 heterocycles. The Kier molecular flexibility index (Phi) is 4.71. The number of carbonyl (C=O) groups excluding carboxylic acids is 1. The highest BCUT2D eigenvalue weighted by atomic mass is 32.1. The number of rotatable bonds is 4. The largest absolute Gasteiger partial charge is 0.493 e. The van der Waals surface area contributed by atoms with Crippen LogP contribution < -0.4 is 14.8 Å². The standard InChI is InChI=1S/C17H20N2O3S/c1-21-14-8-7-12(11-15(14)22-2)18-17(20)19-9-3-5-13(19)16-6-4-10-23-16/h4,6-8,10-11,13H,3,5,9H2,1-2H3,(H,18,20)/t13-/m1/s1. The summed E-state index contributed by atoms with van der Waals surface area (Å²) in [5.74, 6) is 1.24. The number of nitrogens with zero attached hydrogens (tertiary/aromatic N) is 1. The summed E-state index contributed by atoms with van der Waals surface area (Å²) in [6.07, 6.45) is 2.04. The molecule has 1 N–H and O–H groups in total. The highest BCUT2D eigenvalue weighted by Gasteiger charge is 2.30. The Morgan fingerprint density at radius 1 is 1.26 bits per heavy atom. The minimum absolute atomic E-state index is 0.0758. The van der Waals surface area contributed by atoms with Crippen LogP contribution in [-0.2, 0) is 0 Å². The second-order valence-electron chi connectivity index (χ2n) is 5.37. The number of thiophene rings is 1. The molecule has 1 fully saturated rings. The van der Waals surface area contributed by atoms with Crippen LogP contribution in [0.3, 0.4) is 0 Å². The molecule has 0 spiro atoms. The van der Waals surface area contributed by atoms with Gasteiger partial charge in [0.05, 0.1) is 20.3 Å². The molecule has 1 saturated heterocycles. The van der Waals surface area contributed by atoms with Crippen LogP contribution in [0.1, 0.15) is 23.8 Å². The molecule has 122 valence electrons. The van der Waals surface area contributed by atoms with Crippen LogP contribution in [0.25, 0.3) is 0 Å². The van der Waals surface area contributed by atoms with Gasteiger partial charge in [0.15, 0.2) is 11.5 Å². The number of carbonyl (C=O) groups is 1. The van der Waals surface area contributed by atoms with Crippen LogP contribution in [0.5, 0.6) is 11.5 Å². The summed E-state index contributed by atoms with van der Waals surface area (Å²) < 4.78 is 10.5. The quantitative estimate of drug-likeness (QED) is 0.916. The van der Waals surface area contributed by atoms with Gasteiger partial charge in [0.2, 0.25) is 0 Å². The van der Waals surface area contributed by atoms with Crippen LogP contribution in [0.4, 0.5) is 10.5 Å². The van der Waals surface area contributed by atoms with Crippen molar-refractivity contribution in [3.05, 3.63) is 40.6 Å². The molecule has 2 aromatic rings. The van der Waals surface area contributed by atoms with Crippen molar-refractivity contribution in [2.45, 2.75) is 18.9 Å². The molecule has 0 unspecified atom stereocenters. The first-order valence-corrected chi connectivity index (χ1v) is 8.44. The molecular weight excluding hydrogens is 312 g/mol. The van der Waals surface area contributed by atoms with Crippen molar-refractivity contribution < 1.29 is 14.3 Å². The van der Waals surface area contributed by atoms with Gasteiger partial charge in [-0.15, -0.1) is 11.3 Å². The highest BCUT2D eigenvalue weighted by molar-refractivity contribution is 7.10. The third kappa shape index (κ3) is 3.27. The fraction of sp³-hybridized carbons (Fsp3) is 0.353. The summed E-state index contributed by atoms with van der Waals surface area (Å²) in [4.78, 5) is 15.8. The van der Waals surface area contributed by atoms with E-state index >= 15 is 0 Å². The summed E-state index contributed by atoms with van der Waals surface area (Å²) in [7, 11) is 3.17. The lowest BCUT2D eigenvalue weighted by Crippen LogP contribution is -2.34. The summed E-state index contributed by atoms with van der Waals surface area (Å²) >= 11 is 1.70. The number of nitrogens with one attached hydrogen (secondary N) is 1. The number of hydrogen-bond donors (Lipinski definition) is 1. The fourth-order valence-corrected chi connectivity index (χ4v) is 3.77. The molecule has 1 aliphatic rings. The number of likely N-dealkylation sites (tertiary alicyclic amines) is 1. The maximum Gasteiger partial charge on any atom is 0.322 e. The normalized spacial score (nSPS) is 17.1. The molecule has 0 aliphatic carbocycles. The van der Waals surface area contributed by atoms with Gasteiger partial charge in [0.25, 0.3) is 0 Å². The fourth-order valence-electron chi connectivity index (χ4n) is 2.90. The Hall–Kier alpha value is -2.21. The number of anilines is 1. The number of hydrogen-bond acceptors (Lipinski definition) is 4. The van der Waals surface area contributed by atoms with E-state index in [2.05, 4.69) is 16.8 Å². The van der Waals surface area contributed by atoms with Gasteiger partial charge >= 0.3 is 6.03 Å². The molecule has 1 atom stereocenters. The molecule has 3 rings (SSSR count). The van der Waals surface area contributed by atoms with Crippen LogP contribution in [-0.4, -0.2) is 31.7 Å². The first-order valence-electron chi connectivity index (χ1n) is 7.56. The van der Waals surface area contributed by atoms with Gasteiger partial charge in [-0.3, -0.25) is 0 Å². The third-order valence-corrected chi connectivity index (χ3v) is 4.99.